The number of amides is 1. The summed E-state index contributed by atoms with van der Waals surface area (Å²) < 4.78 is 1.57. The fourth-order valence-electron chi connectivity index (χ4n) is 2.71. The molecule has 0 atom stereocenters. The largest absolute Gasteiger partial charge is 0.325 e. The van der Waals surface area contributed by atoms with Gasteiger partial charge >= 0.3 is 0 Å². The molecule has 136 valence electrons. The third kappa shape index (κ3) is 3.78. The molecular weight excluding hydrogens is 366 g/mol. The second kappa shape index (κ2) is 7.55. The minimum atomic E-state index is -0.283. The molecule has 3 rings (SSSR count). The lowest BCUT2D eigenvalue weighted by atomic mass is 10.0. The van der Waals surface area contributed by atoms with Gasteiger partial charge in [-0.25, -0.2) is 0 Å². The summed E-state index contributed by atoms with van der Waals surface area (Å²) in [5.41, 5.74) is 1.67. The number of aromatic nitrogens is 2. The lowest BCUT2D eigenvalue weighted by Crippen LogP contribution is -2.28. The van der Waals surface area contributed by atoms with Gasteiger partial charge in [0.2, 0.25) is 5.91 Å². The standard InChI is InChI=1S/C19H21N3O2S2/c1-4-14-9-15-17(26-14)21-19(25)22(18(15)24)10-16(23)20-13-7-5-12(6-8-13)11(2)3/h5-9,11H,4,10H2,1-3H3,(H,20,23)(H,21,25). The van der Waals surface area contributed by atoms with Crippen LogP contribution in [0.2, 0.25) is 0 Å². The van der Waals surface area contributed by atoms with Gasteiger partial charge in [-0.2, -0.15) is 0 Å². The van der Waals surface area contributed by atoms with Crippen molar-refractivity contribution in [2.24, 2.45) is 0 Å². The molecule has 0 saturated carbocycles. The molecule has 0 aliphatic heterocycles. The van der Waals surface area contributed by atoms with Crippen LogP contribution in [0.1, 0.15) is 37.1 Å². The Morgan fingerprint density at radius 3 is 2.62 bits per heavy atom. The van der Waals surface area contributed by atoms with Crippen LogP contribution in [-0.4, -0.2) is 15.5 Å². The average molecular weight is 388 g/mol. The van der Waals surface area contributed by atoms with Crippen LogP contribution >= 0.6 is 23.6 Å². The molecule has 0 saturated heterocycles. The molecule has 3 aromatic rings. The number of nitrogens with zero attached hydrogens (tertiary/aromatic N) is 1. The highest BCUT2D eigenvalue weighted by atomic mass is 32.1. The van der Waals surface area contributed by atoms with Gasteiger partial charge in [0, 0.05) is 10.6 Å². The van der Waals surface area contributed by atoms with Crippen molar-refractivity contribution in [1.29, 1.82) is 0 Å². The summed E-state index contributed by atoms with van der Waals surface area (Å²) in [6, 6.07) is 9.58. The third-order valence-corrected chi connectivity index (χ3v) is 5.75. The van der Waals surface area contributed by atoms with E-state index in [-0.39, 0.29) is 22.8 Å². The number of carbonyl (C=O) groups is 1. The van der Waals surface area contributed by atoms with Gasteiger partial charge in [-0.1, -0.05) is 32.9 Å². The van der Waals surface area contributed by atoms with Crippen LogP contribution in [0.15, 0.2) is 35.1 Å². The second-order valence-electron chi connectivity index (χ2n) is 6.46. The Balaban J connectivity index is 1.82. The monoisotopic (exact) mass is 387 g/mol. The van der Waals surface area contributed by atoms with E-state index < -0.39 is 0 Å². The normalized spacial score (nSPS) is 11.2. The number of anilines is 1. The highest BCUT2D eigenvalue weighted by Gasteiger charge is 2.12. The number of H-pyrrole nitrogens is 1. The summed E-state index contributed by atoms with van der Waals surface area (Å²) in [7, 11) is 0. The molecule has 0 unspecified atom stereocenters. The first-order valence-electron chi connectivity index (χ1n) is 8.54. The van der Waals surface area contributed by atoms with Crippen LogP contribution in [0.3, 0.4) is 0 Å². The highest BCUT2D eigenvalue weighted by Crippen LogP contribution is 2.21. The number of benzene rings is 1. The highest BCUT2D eigenvalue weighted by molar-refractivity contribution is 7.71. The van der Waals surface area contributed by atoms with Crippen molar-refractivity contribution in [3.8, 4) is 0 Å². The van der Waals surface area contributed by atoms with Gasteiger partial charge in [0.15, 0.2) is 4.77 Å². The van der Waals surface area contributed by atoms with Crippen LogP contribution in [-0.2, 0) is 17.8 Å². The molecule has 2 heterocycles. The van der Waals surface area contributed by atoms with Crippen molar-refractivity contribution >= 4 is 45.4 Å². The molecule has 1 aromatic carbocycles. The summed E-state index contributed by atoms with van der Waals surface area (Å²) in [5.74, 6) is 0.149. The van der Waals surface area contributed by atoms with Gasteiger partial charge < -0.3 is 10.3 Å². The molecular formula is C19H21N3O2S2. The Morgan fingerprint density at radius 2 is 2.00 bits per heavy atom. The third-order valence-electron chi connectivity index (χ3n) is 4.24. The number of thiophene rings is 1. The average Bonchev–Trinajstić information content (AvgIpc) is 3.02. The predicted molar refractivity (Wildman–Crippen MR) is 110 cm³/mol. The minimum absolute atomic E-state index is 0.118. The molecule has 5 nitrogen and oxygen atoms in total. The zero-order chi connectivity index (χ0) is 18.8. The van der Waals surface area contributed by atoms with Crippen LogP contribution in [0.5, 0.6) is 0 Å². The van der Waals surface area contributed by atoms with Gasteiger partial charge in [0.05, 0.1) is 5.39 Å². The first-order valence-corrected chi connectivity index (χ1v) is 9.77. The maximum atomic E-state index is 12.7. The van der Waals surface area contributed by atoms with Crippen molar-refractivity contribution in [3.05, 3.63) is 55.9 Å². The Kier molecular flexibility index (Phi) is 5.38. The molecule has 26 heavy (non-hydrogen) atoms. The van der Waals surface area contributed by atoms with Crippen LogP contribution in [0, 0.1) is 4.77 Å². The Hall–Kier alpha value is -2.25. The van der Waals surface area contributed by atoms with E-state index in [0.29, 0.717) is 17.0 Å². The van der Waals surface area contributed by atoms with Gasteiger partial charge in [-0.15, -0.1) is 11.3 Å². The van der Waals surface area contributed by atoms with E-state index in [1.807, 2.05) is 37.3 Å². The topological polar surface area (TPSA) is 66.9 Å². The van der Waals surface area contributed by atoms with Crippen molar-refractivity contribution in [3.63, 3.8) is 0 Å². The maximum Gasteiger partial charge on any atom is 0.263 e. The van der Waals surface area contributed by atoms with Crippen molar-refractivity contribution in [2.45, 2.75) is 39.7 Å². The first-order chi connectivity index (χ1) is 12.4. The lowest BCUT2D eigenvalue weighted by Gasteiger charge is -2.10. The number of aryl methyl sites for hydroxylation is 1. The molecule has 0 fully saturated rings. The van der Waals surface area contributed by atoms with E-state index in [1.165, 1.54) is 21.5 Å². The minimum Gasteiger partial charge on any atom is -0.325 e. The van der Waals surface area contributed by atoms with E-state index in [9.17, 15) is 9.59 Å². The van der Waals surface area contributed by atoms with Gasteiger partial charge in [-0.3, -0.25) is 14.2 Å². The molecule has 0 aliphatic rings. The number of hydrogen-bond acceptors (Lipinski definition) is 4. The fraction of sp³-hybridized carbons (Fsp3) is 0.316. The van der Waals surface area contributed by atoms with Gasteiger partial charge in [0.25, 0.3) is 5.56 Å². The summed E-state index contributed by atoms with van der Waals surface area (Å²) in [5, 5.41) is 3.40. The summed E-state index contributed by atoms with van der Waals surface area (Å²) in [6.07, 6.45) is 0.853. The van der Waals surface area contributed by atoms with Crippen LogP contribution in [0.4, 0.5) is 5.69 Å². The van der Waals surface area contributed by atoms with Crippen LogP contribution in [0.25, 0.3) is 10.2 Å². The zero-order valence-corrected chi connectivity index (χ0v) is 16.6. The van der Waals surface area contributed by atoms with Crippen LogP contribution < -0.4 is 10.9 Å². The number of rotatable bonds is 5. The van der Waals surface area contributed by atoms with Gasteiger partial charge in [-0.05, 0) is 48.3 Å². The number of aromatic amines is 1. The molecule has 0 spiro atoms. The molecule has 0 aliphatic carbocycles. The summed E-state index contributed by atoms with van der Waals surface area (Å²) in [4.78, 5) is 30.0. The van der Waals surface area contributed by atoms with E-state index in [4.69, 9.17) is 12.2 Å². The summed E-state index contributed by atoms with van der Waals surface area (Å²) >= 11 is 6.80. The molecule has 2 aromatic heterocycles. The van der Waals surface area contributed by atoms with Crippen molar-refractivity contribution in [2.75, 3.05) is 5.32 Å². The Morgan fingerprint density at radius 1 is 1.31 bits per heavy atom. The van der Waals surface area contributed by atoms with E-state index >= 15 is 0 Å². The molecule has 2 N–H and O–H groups in total. The molecule has 0 bridgehead atoms. The first kappa shape index (κ1) is 18.5. The Bertz CT molecular complexity index is 1060. The number of nitrogens with one attached hydrogen (secondary N) is 2. The lowest BCUT2D eigenvalue weighted by molar-refractivity contribution is -0.116. The predicted octanol–water partition coefficient (Wildman–Crippen LogP) is 4.45. The quantitative estimate of drug-likeness (QED) is 0.636. The number of hydrogen-bond donors (Lipinski definition) is 2. The fourth-order valence-corrected chi connectivity index (χ4v) is 4.01. The SMILES string of the molecule is CCc1cc2c(=O)n(CC(=O)Nc3ccc(C(C)C)cc3)c(=S)[nH]c2s1. The smallest absolute Gasteiger partial charge is 0.263 e. The van der Waals surface area contributed by atoms with Gasteiger partial charge in [0.1, 0.15) is 11.4 Å². The molecule has 1 amide bonds. The number of carbonyl (C=O) groups excluding carboxylic acids is 1. The summed E-state index contributed by atoms with van der Waals surface area (Å²) in [6.45, 7) is 6.15. The Labute approximate surface area is 160 Å². The second-order valence-corrected chi connectivity index (χ2v) is 7.98. The van der Waals surface area contributed by atoms with E-state index in [2.05, 4.69) is 24.1 Å². The molecule has 7 heteroatoms. The van der Waals surface area contributed by atoms with Crippen molar-refractivity contribution < 1.29 is 4.79 Å². The van der Waals surface area contributed by atoms with E-state index in [1.54, 1.807) is 0 Å². The van der Waals surface area contributed by atoms with Crippen molar-refractivity contribution in [1.82, 2.24) is 9.55 Å². The van der Waals surface area contributed by atoms with E-state index in [0.717, 1.165) is 16.1 Å². The molecule has 0 radical (unpaired) electrons. The maximum absolute atomic E-state index is 12.7. The number of fused-ring (bicyclic) bond motifs is 1. The zero-order valence-electron chi connectivity index (χ0n) is 15.0.